The van der Waals surface area contributed by atoms with Crippen LogP contribution >= 0.6 is 0 Å². The normalized spacial score (nSPS) is 18.9. The maximum atomic E-state index is 12.9. The minimum Gasteiger partial charge on any atom is -0.457 e. The predicted molar refractivity (Wildman–Crippen MR) is 101 cm³/mol. The van der Waals surface area contributed by atoms with Crippen LogP contribution in [0, 0.1) is 5.92 Å². The van der Waals surface area contributed by atoms with Crippen LogP contribution < -0.4 is 4.74 Å². The lowest BCUT2D eigenvalue weighted by Crippen LogP contribution is -2.41. The Bertz CT molecular complexity index is 817. The number of carbonyl (C=O) groups excluding carboxylic acids is 2. The highest BCUT2D eigenvalue weighted by atomic mass is 16.5. The fourth-order valence-electron chi connectivity index (χ4n) is 3.89. The van der Waals surface area contributed by atoms with Gasteiger partial charge in [0.2, 0.25) is 0 Å². The SMILES string of the molecule is CC1CCCN(C(=O)COC(=O)C2c3ccccc3Oc3ccccc32)C1. The van der Waals surface area contributed by atoms with Gasteiger partial charge in [-0.2, -0.15) is 0 Å². The van der Waals surface area contributed by atoms with Crippen LogP contribution in [0.3, 0.4) is 0 Å². The van der Waals surface area contributed by atoms with Crippen LogP contribution in [0.15, 0.2) is 48.5 Å². The van der Waals surface area contributed by atoms with E-state index in [0.717, 1.165) is 37.1 Å². The molecular weight excluding hydrogens is 342 g/mol. The Labute approximate surface area is 158 Å². The predicted octanol–water partition coefficient (Wildman–Crippen LogP) is 3.73. The number of amides is 1. The number of nitrogens with zero attached hydrogens (tertiary/aromatic N) is 1. The highest BCUT2D eigenvalue weighted by molar-refractivity contribution is 5.87. The molecule has 5 heteroatoms. The van der Waals surface area contributed by atoms with Crippen LogP contribution in [0.1, 0.15) is 36.8 Å². The molecule has 27 heavy (non-hydrogen) atoms. The summed E-state index contributed by atoms with van der Waals surface area (Å²) < 4.78 is 11.4. The number of fused-ring (bicyclic) bond motifs is 2. The third-order valence-electron chi connectivity index (χ3n) is 5.26. The smallest absolute Gasteiger partial charge is 0.318 e. The molecule has 140 valence electrons. The monoisotopic (exact) mass is 365 g/mol. The van der Waals surface area contributed by atoms with E-state index in [4.69, 9.17) is 9.47 Å². The number of hydrogen-bond acceptors (Lipinski definition) is 4. The second kappa shape index (κ2) is 7.43. The van der Waals surface area contributed by atoms with Gasteiger partial charge in [0.15, 0.2) is 6.61 Å². The third kappa shape index (κ3) is 3.54. The second-order valence-electron chi connectivity index (χ2n) is 7.31. The van der Waals surface area contributed by atoms with Gasteiger partial charge >= 0.3 is 5.97 Å². The molecule has 0 N–H and O–H groups in total. The number of carbonyl (C=O) groups is 2. The minimum absolute atomic E-state index is 0.122. The molecule has 0 aliphatic carbocycles. The summed E-state index contributed by atoms with van der Waals surface area (Å²) >= 11 is 0. The van der Waals surface area contributed by atoms with Crippen molar-refractivity contribution in [1.82, 2.24) is 4.90 Å². The first kappa shape index (κ1) is 17.6. The van der Waals surface area contributed by atoms with E-state index in [9.17, 15) is 9.59 Å². The lowest BCUT2D eigenvalue weighted by Gasteiger charge is -2.31. The minimum atomic E-state index is -0.584. The van der Waals surface area contributed by atoms with Crippen LogP contribution in [0.25, 0.3) is 0 Å². The quantitative estimate of drug-likeness (QED) is 0.778. The number of likely N-dealkylation sites (tertiary alicyclic amines) is 1. The van der Waals surface area contributed by atoms with E-state index in [0.29, 0.717) is 17.4 Å². The fourth-order valence-corrected chi connectivity index (χ4v) is 3.89. The van der Waals surface area contributed by atoms with Crippen molar-refractivity contribution in [2.45, 2.75) is 25.7 Å². The van der Waals surface area contributed by atoms with Crippen molar-refractivity contribution in [2.24, 2.45) is 5.92 Å². The fraction of sp³-hybridized carbons (Fsp3) is 0.364. The van der Waals surface area contributed by atoms with Crippen molar-refractivity contribution < 1.29 is 19.1 Å². The summed E-state index contributed by atoms with van der Waals surface area (Å²) in [6.45, 7) is 3.40. The van der Waals surface area contributed by atoms with Gasteiger partial charge in [0.25, 0.3) is 5.91 Å². The number of ether oxygens (including phenoxy) is 2. The first-order chi connectivity index (χ1) is 13.1. The topological polar surface area (TPSA) is 55.8 Å². The number of piperidine rings is 1. The van der Waals surface area contributed by atoms with Gasteiger partial charge in [-0.1, -0.05) is 43.3 Å². The average molecular weight is 365 g/mol. The zero-order valence-corrected chi connectivity index (χ0v) is 15.4. The summed E-state index contributed by atoms with van der Waals surface area (Å²) in [7, 11) is 0. The zero-order chi connectivity index (χ0) is 18.8. The molecule has 0 saturated carbocycles. The van der Waals surface area contributed by atoms with E-state index in [1.165, 1.54) is 0 Å². The first-order valence-electron chi connectivity index (χ1n) is 9.43. The van der Waals surface area contributed by atoms with E-state index in [-0.39, 0.29) is 12.5 Å². The molecule has 2 aliphatic rings. The van der Waals surface area contributed by atoms with Gasteiger partial charge in [0, 0.05) is 24.2 Å². The van der Waals surface area contributed by atoms with Crippen molar-refractivity contribution in [3.63, 3.8) is 0 Å². The molecule has 1 saturated heterocycles. The Kier molecular flexibility index (Phi) is 4.84. The van der Waals surface area contributed by atoms with Crippen molar-refractivity contribution in [2.75, 3.05) is 19.7 Å². The van der Waals surface area contributed by atoms with Crippen LogP contribution in [0.5, 0.6) is 11.5 Å². The molecule has 2 heterocycles. The molecule has 0 bridgehead atoms. The second-order valence-corrected chi connectivity index (χ2v) is 7.31. The number of esters is 1. The van der Waals surface area contributed by atoms with Crippen molar-refractivity contribution >= 4 is 11.9 Å². The number of rotatable bonds is 3. The molecule has 2 aromatic carbocycles. The molecule has 1 atom stereocenters. The van der Waals surface area contributed by atoms with Gasteiger partial charge in [-0.3, -0.25) is 9.59 Å². The summed E-state index contributed by atoms with van der Waals surface area (Å²) in [4.78, 5) is 27.2. The van der Waals surface area contributed by atoms with E-state index < -0.39 is 11.9 Å². The van der Waals surface area contributed by atoms with Gasteiger partial charge in [-0.25, -0.2) is 0 Å². The largest absolute Gasteiger partial charge is 0.457 e. The van der Waals surface area contributed by atoms with E-state index in [1.54, 1.807) is 4.90 Å². The standard InChI is InChI=1S/C22H23NO4/c1-15-7-6-12-23(13-15)20(24)14-26-22(25)21-16-8-2-4-10-18(16)27-19-11-5-3-9-17(19)21/h2-5,8-11,15,21H,6-7,12-14H2,1H3. The van der Waals surface area contributed by atoms with E-state index in [1.807, 2.05) is 48.5 Å². The maximum absolute atomic E-state index is 12.9. The lowest BCUT2D eigenvalue weighted by molar-refractivity contribution is -0.153. The van der Waals surface area contributed by atoms with Crippen LogP contribution in [0.4, 0.5) is 0 Å². The van der Waals surface area contributed by atoms with Crippen LogP contribution in [-0.2, 0) is 14.3 Å². The van der Waals surface area contributed by atoms with Gasteiger partial charge in [0.1, 0.15) is 17.4 Å². The highest BCUT2D eigenvalue weighted by Crippen LogP contribution is 2.44. The molecule has 0 radical (unpaired) electrons. The van der Waals surface area contributed by atoms with Gasteiger partial charge in [-0.15, -0.1) is 0 Å². The Balaban J connectivity index is 1.51. The van der Waals surface area contributed by atoms with Gasteiger partial charge < -0.3 is 14.4 Å². The highest BCUT2D eigenvalue weighted by Gasteiger charge is 2.34. The number of para-hydroxylation sites is 2. The van der Waals surface area contributed by atoms with Gasteiger partial charge in [0.05, 0.1) is 0 Å². The molecule has 5 nitrogen and oxygen atoms in total. The van der Waals surface area contributed by atoms with Gasteiger partial charge in [-0.05, 0) is 30.9 Å². The third-order valence-corrected chi connectivity index (χ3v) is 5.26. The summed E-state index contributed by atoms with van der Waals surface area (Å²) in [6, 6.07) is 14.9. The maximum Gasteiger partial charge on any atom is 0.318 e. The Hall–Kier alpha value is -2.82. The molecule has 4 rings (SSSR count). The summed E-state index contributed by atoms with van der Waals surface area (Å²) in [5.41, 5.74) is 1.53. The molecule has 0 aromatic heterocycles. The average Bonchev–Trinajstić information content (AvgIpc) is 2.70. The molecule has 2 aromatic rings. The first-order valence-corrected chi connectivity index (χ1v) is 9.43. The van der Waals surface area contributed by atoms with Crippen molar-refractivity contribution in [3.05, 3.63) is 59.7 Å². The molecule has 2 aliphatic heterocycles. The molecule has 1 unspecified atom stereocenters. The van der Waals surface area contributed by atoms with Crippen molar-refractivity contribution in [1.29, 1.82) is 0 Å². The molecular formula is C22H23NO4. The Morgan fingerprint density at radius 1 is 1.07 bits per heavy atom. The number of benzene rings is 2. The van der Waals surface area contributed by atoms with Crippen LogP contribution in [0.2, 0.25) is 0 Å². The van der Waals surface area contributed by atoms with E-state index >= 15 is 0 Å². The zero-order valence-electron chi connectivity index (χ0n) is 15.4. The lowest BCUT2D eigenvalue weighted by atomic mass is 9.88. The van der Waals surface area contributed by atoms with Crippen molar-refractivity contribution in [3.8, 4) is 11.5 Å². The van der Waals surface area contributed by atoms with Crippen LogP contribution in [-0.4, -0.2) is 36.5 Å². The summed E-state index contributed by atoms with van der Waals surface area (Å²) in [5, 5.41) is 0. The molecule has 1 amide bonds. The molecule has 0 spiro atoms. The summed E-state index contributed by atoms with van der Waals surface area (Å²) in [6.07, 6.45) is 2.14. The Morgan fingerprint density at radius 3 is 2.33 bits per heavy atom. The van der Waals surface area contributed by atoms with E-state index in [2.05, 4.69) is 6.92 Å². The Morgan fingerprint density at radius 2 is 1.70 bits per heavy atom. The molecule has 1 fully saturated rings. The number of hydrogen-bond donors (Lipinski definition) is 0. The summed E-state index contributed by atoms with van der Waals surface area (Å²) in [5.74, 6) is 0.663.